The number of hydrogen-bond donors (Lipinski definition) is 0. The van der Waals surface area contributed by atoms with Gasteiger partial charge in [0.2, 0.25) is 0 Å². The minimum absolute atomic E-state index is 0.0550. The van der Waals surface area contributed by atoms with Crippen LogP contribution in [-0.2, 0) is 23.9 Å². The van der Waals surface area contributed by atoms with Crippen LogP contribution >= 0.6 is 11.6 Å². The summed E-state index contributed by atoms with van der Waals surface area (Å²) in [4.78, 5) is 34.7. The van der Waals surface area contributed by atoms with Gasteiger partial charge in [0, 0.05) is 11.8 Å². The molecule has 2 atom stereocenters. The molecular weight excluding hydrogens is 284 g/mol. The molecular formula is C14H17ClO5. The van der Waals surface area contributed by atoms with Crippen molar-refractivity contribution in [1.82, 2.24) is 0 Å². The third-order valence-electron chi connectivity index (χ3n) is 4.73. The molecule has 0 radical (unpaired) electrons. The zero-order valence-electron chi connectivity index (χ0n) is 11.1. The number of carbonyl (C=O) groups is 3. The number of esters is 2. The molecule has 4 bridgehead atoms. The maximum absolute atomic E-state index is 12.0. The van der Waals surface area contributed by atoms with E-state index in [0.29, 0.717) is 24.5 Å². The van der Waals surface area contributed by atoms with E-state index in [-0.39, 0.29) is 17.7 Å². The van der Waals surface area contributed by atoms with Gasteiger partial charge in [-0.25, -0.2) is 4.79 Å². The Kier molecular flexibility index (Phi) is 3.48. The molecule has 2 unspecified atom stereocenters. The Hall–Kier alpha value is -1.10. The highest BCUT2D eigenvalue weighted by Crippen LogP contribution is 2.55. The quantitative estimate of drug-likeness (QED) is 0.581. The normalized spacial score (nSPS) is 37.9. The number of alkyl halides is 1. The van der Waals surface area contributed by atoms with Crippen LogP contribution < -0.4 is 0 Å². The van der Waals surface area contributed by atoms with E-state index >= 15 is 0 Å². The number of halogens is 1. The van der Waals surface area contributed by atoms with Crippen LogP contribution in [0.15, 0.2) is 0 Å². The molecule has 0 heterocycles. The molecule has 4 aliphatic carbocycles. The summed E-state index contributed by atoms with van der Waals surface area (Å²) < 4.78 is 10.3. The van der Waals surface area contributed by atoms with E-state index in [0.717, 1.165) is 19.3 Å². The summed E-state index contributed by atoms with van der Waals surface area (Å²) in [6, 6.07) is 0. The van der Waals surface area contributed by atoms with Crippen molar-refractivity contribution >= 4 is 29.3 Å². The Balaban J connectivity index is 1.61. The number of ketones is 1. The fourth-order valence-electron chi connectivity index (χ4n) is 4.25. The summed E-state index contributed by atoms with van der Waals surface area (Å²) in [7, 11) is 0. The van der Waals surface area contributed by atoms with Crippen LogP contribution in [-0.4, -0.2) is 35.8 Å². The van der Waals surface area contributed by atoms with Crippen molar-refractivity contribution in [3.63, 3.8) is 0 Å². The molecule has 0 N–H and O–H groups in total. The topological polar surface area (TPSA) is 69.7 Å². The molecule has 0 aromatic rings. The van der Waals surface area contributed by atoms with Crippen LogP contribution in [0.1, 0.15) is 32.1 Å². The molecule has 4 aliphatic rings. The first-order chi connectivity index (χ1) is 9.51. The number of hydrogen-bond acceptors (Lipinski definition) is 5. The van der Waals surface area contributed by atoms with E-state index in [2.05, 4.69) is 4.74 Å². The van der Waals surface area contributed by atoms with Gasteiger partial charge in [0.1, 0.15) is 17.3 Å². The first-order valence-electron chi connectivity index (χ1n) is 6.98. The zero-order valence-corrected chi connectivity index (χ0v) is 11.9. The van der Waals surface area contributed by atoms with Crippen LogP contribution in [0.2, 0.25) is 0 Å². The van der Waals surface area contributed by atoms with E-state index in [4.69, 9.17) is 16.3 Å². The van der Waals surface area contributed by atoms with Gasteiger partial charge in [0.05, 0.1) is 0 Å². The molecule has 0 spiro atoms. The van der Waals surface area contributed by atoms with E-state index in [1.54, 1.807) is 0 Å². The largest absolute Gasteiger partial charge is 0.456 e. The van der Waals surface area contributed by atoms with Crippen molar-refractivity contribution in [2.75, 3.05) is 12.5 Å². The lowest BCUT2D eigenvalue weighted by Gasteiger charge is -2.54. The fraction of sp³-hybridized carbons (Fsp3) is 0.786. The minimum atomic E-state index is -0.635. The molecule has 4 fully saturated rings. The smallest absolute Gasteiger partial charge is 0.344 e. The van der Waals surface area contributed by atoms with Crippen LogP contribution in [0.3, 0.4) is 0 Å². The second-order valence-corrected chi connectivity index (χ2v) is 6.46. The van der Waals surface area contributed by atoms with Gasteiger partial charge in [-0.05, 0) is 38.0 Å². The zero-order chi connectivity index (χ0) is 14.3. The van der Waals surface area contributed by atoms with Gasteiger partial charge in [-0.15, -0.1) is 11.6 Å². The molecule has 4 rings (SSSR count). The molecule has 0 aliphatic heterocycles. The SMILES string of the molecule is O=C(CCl)OCC(=O)OC12CC3CC(C1)C(=O)C(C3)C2. The van der Waals surface area contributed by atoms with Crippen molar-refractivity contribution < 1.29 is 23.9 Å². The minimum Gasteiger partial charge on any atom is -0.456 e. The fourth-order valence-corrected chi connectivity index (χ4v) is 4.33. The Morgan fingerprint density at radius 3 is 2.40 bits per heavy atom. The first-order valence-corrected chi connectivity index (χ1v) is 7.52. The maximum Gasteiger partial charge on any atom is 0.344 e. The predicted octanol–water partition coefficient (Wildman–Crippen LogP) is 1.46. The Labute approximate surface area is 121 Å². The molecule has 0 saturated heterocycles. The summed E-state index contributed by atoms with van der Waals surface area (Å²) in [5, 5.41) is 0. The second kappa shape index (κ2) is 5.02. The van der Waals surface area contributed by atoms with Gasteiger partial charge < -0.3 is 9.47 Å². The summed E-state index contributed by atoms with van der Waals surface area (Å²) in [5.41, 5.74) is -0.505. The van der Waals surface area contributed by atoms with Gasteiger partial charge >= 0.3 is 11.9 Å². The lowest BCUT2D eigenvalue weighted by Crippen LogP contribution is -2.57. The van der Waals surface area contributed by atoms with Crippen molar-refractivity contribution in [3.8, 4) is 0 Å². The monoisotopic (exact) mass is 300 g/mol. The van der Waals surface area contributed by atoms with Gasteiger partial charge in [-0.1, -0.05) is 0 Å². The maximum atomic E-state index is 12.0. The number of Topliss-reactive ketones (excluding diaryl/α,β-unsaturated/α-hetero) is 1. The standard InChI is InChI=1S/C14H17ClO5/c15-6-11(16)19-7-12(17)20-14-3-8-1-9(4-14)13(18)10(2-8)5-14/h8-10H,1-7H2. The van der Waals surface area contributed by atoms with Crippen LogP contribution in [0.5, 0.6) is 0 Å². The number of rotatable bonds is 4. The van der Waals surface area contributed by atoms with E-state index < -0.39 is 24.1 Å². The van der Waals surface area contributed by atoms with Crippen molar-refractivity contribution in [2.24, 2.45) is 17.8 Å². The summed E-state index contributed by atoms with van der Waals surface area (Å²) in [6.07, 6.45) is 3.98. The molecule has 110 valence electrons. The lowest BCUT2D eigenvalue weighted by molar-refractivity contribution is -0.193. The highest BCUT2D eigenvalue weighted by molar-refractivity contribution is 6.26. The Morgan fingerprint density at radius 2 is 1.80 bits per heavy atom. The predicted molar refractivity (Wildman–Crippen MR) is 69.1 cm³/mol. The Bertz CT molecular complexity index is 442. The molecule has 6 heteroatoms. The third-order valence-corrected chi connectivity index (χ3v) is 4.95. The van der Waals surface area contributed by atoms with Gasteiger partial charge in [-0.3, -0.25) is 9.59 Å². The van der Waals surface area contributed by atoms with Crippen molar-refractivity contribution in [3.05, 3.63) is 0 Å². The first kappa shape index (κ1) is 13.9. The molecule has 4 saturated carbocycles. The molecule has 0 aromatic carbocycles. The average molecular weight is 301 g/mol. The van der Waals surface area contributed by atoms with E-state index in [1.807, 2.05) is 0 Å². The Morgan fingerprint density at radius 1 is 1.15 bits per heavy atom. The van der Waals surface area contributed by atoms with Crippen LogP contribution in [0.4, 0.5) is 0 Å². The van der Waals surface area contributed by atoms with Gasteiger partial charge in [0.15, 0.2) is 6.61 Å². The van der Waals surface area contributed by atoms with Crippen molar-refractivity contribution in [2.45, 2.75) is 37.7 Å². The summed E-state index contributed by atoms with van der Waals surface area (Å²) >= 11 is 5.29. The van der Waals surface area contributed by atoms with E-state index in [9.17, 15) is 14.4 Å². The summed E-state index contributed by atoms with van der Waals surface area (Å²) in [6.45, 7) is -0.402. The van der Waals surface area contributed by atoms with Gasteiger partial charge in [0.25, 0.3) is 0 Å². The average Bonchev–Trinajstić information content (AvgIpc) is 2.40. The van der Waals surface area contributed by atoms with E-state index in [1.165, 1.54) is 0 Å². The van der Waals surface area contributed by atoms with Crippen LogP contribution in [0.25, 0.3) is 0 Å². The molecule has 20 heavy (non-hydrogen) atoms. The van der Waals surface area contributed by atoms with Crippen LogP contribution in [0, 0.1) is 17.8 Å². The number of carbonyl (C=O) groups excluding carboxylic acids is 3. The molecule has 0 aromatic heterocycles. The van der Waals surface area contributed by atoms with Crippen molar-refractivity contribution in [1.29, 1.82) is 0 Å². The third kappa shape index (κ3) is 2.43. The molecule has 0 amide bonds. The van der Waals surface area contributed by atoms with Gasteiger partial charge in [-0.2, -0.15) is 0 Å². The highest BCUT2D eigenvalue weighted by atomic mass is 35.5. The summed E-state index contributed by atoms with van der Waals surface area (Å²) in [5.74, 6) is -0.510. The number of ether oxygens (including phenoxy) is 2. The second-order valence-electron chi connectivity index (χ2n) is 6.20. The molecule has 5 nitrogen and oxygen atoms in total. The highest BCUT2D eigenvalue weighted by Gasteiger charge is 2.57. The lowest BCUT2D eigenvalue weighted by atomic mass is 9.53.